The number of nitrogens with two attached hydrogens (primary N) is 1. The molecule has 1 aromatic rings. The van der Waals surface area contributed by atoms with Crippen LogP contribution >= 0.6 is 11.6 Å². The van der Waals surface area contributed by atoms with Crippen LogP contribution in [0.4, 0.5) is 0 Å². The van der Waals surface area contributed by atoms with E-state index in [-0.39, 0.29) is 18.1 Å². The largest absolute Gasteiger partial charge is 0.487 e. The van der Waals surface area contributed by atoms with Crippen molar-refractivity contribution < 1.29 is 14.3 Å². The van der Waals surface area contributed by atoms with Gasteiger partial charge < -0.3 is 20.5 Å². The monoisotopic (exact) mass is 354 g/mol. The zero-order valence-corrected chi connectivity index (χ0v) is 15.5. The van der Waals surface area contributed by atoms with E-state index in [0.29, 0.717) is 30.3 Å². The Kier molecular flexibility index (Phi) is 5.78. The van der Waals surface area contributed by atoms with Crippen LogP contribution in [-0.4, -0.2) is 36.8 Å². The van der Waals surface area contributed by atoms with Crippen molar-refractivity contribution in [3.05, 3.63) is 29.3 Å². The Labute approximate surface area is 148 Å². The number of carbonyl (C=O) groups excluding carboxylic acids is 1. The third-order valence-electron chi connectivity index (χ3n) is 4.95. The van der Waals surface area contributed by atoms with Crippen LogP contribution in [0.1, 0.15) is 34.1 Å². The van der Waals surface area contributed by atoms with E-state index < -0.39 is 11.0 Å². The van der Waals surface area contributed by atoms with Crippen LogP contribution in [0, 0.1) is 5.41 Å². The van der Waals surface area contributed by atoms with Gasteiger partial charge in [-0.05, 0) is 26.0 Å². The van der Waals surface area contributed by atoms with Gasteiger partial charge in [0.1, 0.15) is 17.4 Å². The molecule has 3 atom stereocenters. The van der Waals surface area contributed by atoms with Gasteiger partial charge in [0.25, 0.3) is 0 Å². The summed E-state index contributed by atoms with van der Waals surface area (Å²) in [5.74, 6) is 0.432. The van der Waals surface area contributed by atoms with Crippen LogP contribution in [0.2, 0.25) is 5.02 Å². The Morgan fingerprint density at radius 2 is 2.12 bits per heavy atom. The minimum absolute atomic E-state index is 0.00930. The van der Waals surface area contributed by atoms with Gasteiger partial charge in [-0.25, -0.2) is 0 Å². The van der Waals surface area contributed by atoms with Gasteiger partial charge in [-0.3, -0.25) is 4.79 Å². The summed E-state index contributed by atoms with van der Waals surface area (Å²) in [5, 5.41) is 3.44. The Morgan fingerprint density at radius 1 is 1.46 bits per heavy atom. The van der Waals surface area contributed by atoms with E-state index in [2.05, 4.69) is 5.32 Å². The van der Waals surface area contributed by atoms with Crippen LogP contribution in [0.25, 0.3) is 0 Å². The van der Waals surface area contributed by atoms with Crippen molar-refractivity contribution in [1.82, 2.24) is 5.32 Å². The highest BCUT2D eigenvalue weighted by atomic mass is 35.5. The number of halogens is 1. The molecule has 3 N–H and O–H groups in total. The first-order valence-electron chi connectivity index (χ1n) is 8.32. The number of para-hydroxylation sites is 1. The zero-order chi connectivity index (χ0) is 18.0. The summed E-state index contributed by atoms with van der Waals surface area (Å²) in [6.45, 7) is 8.75. The lowest BCUT2D eigenvalue weighted by Gasteiger charge is -2.57. The maximum atomic E-state index is 12.6. The van der Waals surface area contributed by atoms with Crippen molar-refractivity contribution in [1.29, 1.82) is 0 Å². The average Bonchev–Trinajstić information content (AvgIpc) is 2.54. The molecule has 1 aromatic carbocycles. The van der Waals surface area contributed by atoms with E-state index in [1.807, 2.05) is 39.8 Å². The lowest BCUT2D eigenvalue weighted by atomic mass is 9.54. The maximum absolute atomic E-state index is 12.6. The standard InChI is InChI=1S/C18H27ClN2O3/c1-5-23-15-10-18(20,17(15,3)4)16(22)21-11-12(2)24-14-9-7-6-8-13(14)19/h6-9,12,15H,5,10-11,20H2,1-4H3,(H,21,22). The number of hydrogen-bond acceptors (Lipinski definition) is 4. The van der Waals surface area contributed by atoms with E-state index in [9.17, 15) is 4.79 Å². The third-order valence-corrected chi connectivity index (χ3v) is 5.26. The second-order valence-electron chi connectivity index (χ2n) is 6.91. The number of nitrogens with one attached hydrogen (secondary N) is 1. The highest BCUT2D eigenvalue weighted by Gasteiger charge is 2.62. The van der Waals surface area contributed by atoms with Gasteiger partial charge in [0.15, 0.2) is 0 Å². The van der Waals surface area contributed by atoms with Gasteiger partial charge in [-0.2, -0.15) is 0 Å². The topological polar surface area (TPSA) is 73.6 Å². The average molecular weight is 355 g/mol. The summed E-state index contributed by atoms with van der Waals surface area (Å²) in [7, 11) is 0. The normalized spacial score (nSPS) is 26.3. The number of ether oxygens (including phenoxy) is 2. The second-order valence-corrected chi connectivity index (χ2v) is 7.32. The molecule has 2 rings (SSSR count). The number of rotatable bonds is 7. The van der Waals surface area contributed by atoms with Crippen LogP contribution < -0.4 is 15.8 Å². The fraction of sp³-hybridized carbons (Fsp3) is 0.611. The maximum Gasteiger partial charge on any atom is 0.240 e. The molecule has 0 radical (unpaired) electrons. The molecule has 0 bridgehead atoms. The zero-order valence-electron chi connectivity index (χ0n) is 14.8. The minimum atomic E-state index is -0.920. The smallest absolute Gasteiger partial charge is 0.240 e. The molecular weight excluding hydrogens is 328 g/mol. The number of carbonyl (C=O) groups is 1. The molecule has 1 saturated carbocycles. The molecule has 1 amide bonds. The predicted octanol–water partition coefficient (Wildman–Crippen LogP) is 2.76. The lowest BCUT2D eigenvalue weighted by Crippen LogP contribution is -2.76. The molecule has 3 unspecified atom stereocenters. The Morgan fingerprint density at radius 3 is 2.71 bits per heavy atom. The van der Waals surface area contributed by atoms with Gasteiger partial charge in [-0.15, -0.1) is 0 Å². The Bertz CT molecular complexity index is 593. The number of benzene rings is 1. The molecule has 5 nitrogen and oxygen atoms in total. The van der Waals surface area contributed by atoms with Crippen LogP contribution in [0.3, 0.4) is 0 Å². The van der Waals surface area contributed by atoms with Crippen LogP contribution in [0.5, 0.6) is 5.75 Å². The predicted molar refractivity (Wildman–Crippen MR) is 95.3 cm³/mol. The first kappa shape index (κ1) is 19.0. The van der Waals surface area contributed by atoms with Gasteiger partial charge in [-0.1, -0.05) is 37.6 Å². The molecule has 134 valence electrons. The van der Waals surface area contributed by atoms with E-state index in [4.69, 9.17) is 26.8 Å². The summed E-state index contributed by atoms with van der Waals surface area (Å²) < 4.78 is 11.4. The fourth-order valence-corrected chi connectivity index (χ4v) is 3.19. The highest BCUT2D eigenvalue weighted by molar-refractivity contribution is 6.32. The summed E-state index contributed by atoms with van der Waals surface area (Å²) in [5.41, 5.74) is 5.03. The molecule has 1 fully saturated rings. The van der Waals surface area contributed by atoms with Crippen molar-refractivity contribution in [2.24, 2.45) is 11.1 Å². The molecular formula is C18H27ClN2O3. The summed E-state index contributed by atoms with van der Waals surface area (Å²) >= 11 is 6.07. The SMILES string of the molecule is CCOC1CC(N)(C(=O)NCC(C)Oc2ccccc2Cl)C1(C)C. The molecule has 0 aliphatic heterocycles. The fourth-order valence-electron chi connectivity index (χ4n) is 3.01. The molecule has 1 aliphatic carbocycles. The van der Waals surface area contributed by atoms with Gasteiger partial charge in [0.05, 0.1) is 17.7 Å². The second kappa shape index (κ2) is 7.30. The van der Waals surface area contributed by atoms with Gasteiger partial charge in [0.2, 0.25) is 5.91 Å². The quantitative estimate of drug-likeness (QED) is 0.789. The van der Waals surface area contributed by atoms with E-state index in [1.54, 1.807) is 12.1 Å². The molecule has 0 heterocycles. The molecule has 0 aromatic heterocycles. The van der Waals surface area contributed by atoms with Crippen molar-refractivity contribution >= 4 is 17.5 Å². The minimum Gasteiger partial charge on any atom is -0.487 e. The van der Waals surface area contributed by atoms with Crippen molar-refractivity contribution in [3.63, 3.8) is 0 Å². The molecule has 1 aliphatic rings. The van der Waals surface area contributed by atoms with Crippen LogP contribution in [-0.2, 0) is 9.53 Å². The van der Waals surface area contributed by atoms with Crippen molar-refractivity contribution in [3.8, 4) is 5.75 Å². The molecule has 6 heteroatoms. The summed E-state index contributed by atoms with van der Waals surface area (Å²) in [6, 6.07) is 7.26. The van der Waals surface area contributed by atoms with Crippen LogP contribution in [0.15, 0.2) is 24.3 Å². The van der Waals surface area contributed by atoms with E-state index >= 15 is 0 Å². The van der Waals surface area contributed by atoms with E-state index in [1.165, 1.54) is 0 Å². The summed E-state index contributed by atoms with van der Waals surface area (Å²) in [4.78, 5) is 12.6. The first-order valence-corrected chi connectivity index (χ1v) is 8.70. The van der Waals surface area contributed by atoms with Gasteiger partial charge in [0, 0.05) is 18.4 Å². The summed E-state index contributed by atoms with van der Waals surface area (Å²) in [6.07, 6.45) is 0.317. The number of amides is 1. The molecule has 24 heavy (non-hydrogen) atoms. The Balaban J connectivity index is 1.88. The van der Waals surface area contributed by atoms with Crippen molar-refractivity contribution in [2.45, 2.75) is 51.9 Å². The number of hydrogen-bond donors (Lipinski definition) is 2. The third kappa shape index (κ3) is 3.53. The lowest BCUT2D eigenvalue weighted by molar-refractivity contribution is -0.170. The van der Waals surface area contributed by atoms with Crippen molar-refractivity contribution in [2.75, 3.05) is 13.2 Å². The Hall–Kier alpha value is -1.30. The molecule has 0 saturated heterocycles. The van der Waals surface area contributed by atoms with E-state index in [0.717, 1.165) is 0 Å². The highest BCUT2D eigenvalue weighted by Crippen LogP contribution is 2.49. The molecule has 0 spiro atoms. The first-order chi connectivity index (χ1) is 11.2. The van der Waals surface area contributed by atoms with Gasteiger partial charge >= 0.3 is 0 Å².